The number of nitrogens with one attached hydrogen (secondary N) is 1. The van der Waals surface area contributed by atoms with E-state index in [1.807, 2.05) is 12.4 Å². The Morgan fingerprint density at radius 3 is 2.74 bits per heavy atom. The van der Waals surface area contributed by atoms with Crippen molar-refractivity contribution in [2.45, 2.75) is 40.2 Å². The maximum atomic E-state index is 4.50. The van der Waals surface area contributed by atoms with Crippen molar-refractivity contribution in [2.75, 3.05) is 25.0 Å². The first-order valence-electron chi connectivity index (χ1n) is 7.46. The van der Waals surface area contributed by atoms with Gasteiger partial charge in [-0.1, -0.05) is 20.8 Å². The van der Waals surface area contributed by atoms with Gasteiger partial charge in [-0.3, -0.25) is 9.88 Å². The second-order valence-corrected chi connectivity index (χ2v) is 5.80. The van der Waals surface area contributed by atoms with Gasteiger partial charge in [0, 0.05) is 19.6 Å². The first-order chi connectivity index (χ1) is 9.19. The summed E-state index contributed by atoms with van der Waals surface area (Å²) in [5, 5.41) is 3.25. The molecule has 0 saturated carbocycles. The Labute approximate surface area is 116 Å². The molecule has 0 aliphatic carbocycles. The van der Waals surface area contributed by atoms with Crippen LogP contribution in [0.3, 0.4) is 0 Å². The number of likely N-dealkylation sites (tertiary alicyclic amines) is 1. The quantitative estimate of drug-likeness (QED) is 0.886. The Balaban J connectivity index is 1.85. The third kappa shape index (κ3) is 4.16. The SMILES string of the molecule is CCCNc1cnc(CN2CCC(C)C(C)C2)cn1. The molecule has 0 spiro atoms. The predicted octanol–water partition coefficient (Wildman–Crippen LogP) is 2.78. The maximum absolute atomic E-state index is 4.50. The number of hydrogen-bond acceptors (Lipinski definition) is 4. The Morgan fingerprint density at radius 2 is 2.11 bits per heavy atom. The summed E-state index contributed by atoms with van der Waals surface area (Å²) in [7, 11) is 0. The summed E-state index contributed by atoms with van der Waals surface area (Å²) in [5.41, 5.74) is 1.07. The van der Waals surface area contributed by atoms with Crippen molar-refractivity contribution >= 4 is 5.82 Å². The highest BCUT2D eigenvalue weighted by molar-refractivity contribution is 5.30. The Kier molecular flexibility index (Phi) is 5.14. The van der Waals surface area contributed by atoms with E-state index in [4.69, 9.17) is 0 Å². The molecular weight excluding hydrogens is 236 g/mol. The van der Waals surface area contributed by atoms with Gasteiger partial charge in [-0.05, 0) is 31.2 Å². The van der Waals surface area contributed by atoms with E-state index in [-0.39, 0.29) is 0 Å². The summed E-state index contributed by atoms with van der Waals surface area (Å²) in [6.07, 6.45) is 6.15. The van der Waals surface area contributed by atoms with Crippen LogP contribution in [0.15, 0.2) is 12.4 Å². The van der Waals surface area contributed by atoms with Gasteiger partial charge in [-0.25, -0.2) is 4.98 Å². The molecule has 1 N–H and O–H groups in total. The van der Waals surface area contributed by atoms with E-state index in [1.165, 1.54) is 19.5 Å². The molecule has 1 aromatic heterocycles. The normalized spacial score (nSPS) is 24.4. The van der Waals surface area contributed by atoms with Crippen molar-refractivity contribution in [2.24, 2.45) is 11.8 Å². The first-order valence-corrected chi connectivity index (χ1v) is 7.46. The average molecular weight is 262 g/mol. The highest BCUT2D eigenvalue weighted by Gasteiger charge is 2.22. The fraction of sp³-hybridized carbons (Fsp3) is 0.733. The zero-order valence-electron chi connectivity index (χ0n) is 12.4. The summed E-state index contributed by atoms with van der Waals surface area (Å²) in [6, 6.07) is 0. The molecule has 4 nitrogen and oxygen atoms in total. The zero-order valence-corrected chi connectivity index (χ0v) is 12.4. The second kappa shape index (κ2) is 6.85. The van der Waals surface area contributed by atoms with E-state index in [0.717, 1.165) is 42.9 Å². The average Bonchev–Trinajstić information content (AvgIpc) is 2.42. The van der Waals surface area contributed by atoms with Crippen molar-refractivity contribution in [3.8, 4) is 0 Å². The molecule has 1 aliphatic heterocycles. The van der Waals surface area contributed by atoms with Gasteiger partial charge in [0.05, 0.1) is 18.1 Å². The second-order valence-electron chi connectivity index (χ2n) is 5.80. The third-order valence-corrected chi connectivity index (χ3v) is 4.07. The molecule has 0 radical (unpaired) electrons. The number of hydrogen-bond donors (Lipinski definition) is 1. The number of piperidine rings is 1. The van der Waals surface area contributed by atoms with Gasteiger partial charge in [-0.15, -0.1) is 0 Å². The highest BCUT2D eigenvalue weighted by atomic mass is 15.1. The number of aromatic nitrogens is 2. The summed E-state index contributed by atoms with van der Waals surface area (Å²) >= 11 is 0. The van der Waals surface area contributed by atoms with Crippen LogP contribution in [0.2, 0.25) is 0 Å². The summed E-state index contributed by atoms with van der Waals surface area (Å²) in [5.74, 6) is 2.52. The molecule has 0 bridgehead atoms. The van der Waals surface area contributed by atoms with Crippen LogP contribution in [0.5, 0.6) is 0 Å². The predicted molar refractivity (Wildman–Crippen MR) is 79.0 cm³/mol. The molecule has 0 amide bonds. The van der Waals surface area contributed by atoms with E-state index in [9.17, 15) is 0 Å². The van der Waals surface area contributed by atoms with Gasteiger partial charge >= 0.3 is 0 Å². The fourth-order valence-corrected chi connectivity index (χ4v) is 2.50. The Bertz CT molecular complexity index is 376. The highest BCUT2D eigenvalue weighted by Crippen LogP contribution is 2.23. The molecule has 2 heterocycles. The van der Waals surface area contributed by atoms with E-state index < -0.39 is 0 Å². The van der Waals surface area contributed by atoms with Gasteiger partial charge in [0.15, 0.2) is 0 Å². The monoisotopic (exact) mass is 262 g/mol. The summed E-state index contributed by atoms with van der Waals surface area (Å²) < 4.78 is 0. The summed E-state index contributed by atoms with van der Waals surface area (Å²) in [4.78, 5) is 11.4. The largest absolute Gasteiger partial charge is 0.369 e. The minimum Gasteiger partial charge on any atom is -0.369 e. The lowest BCUT2D eigenvalue weighted by Gasteiger charge is -2.34. The third-order valence-electron chi connectivity index (χ3n) is 4.07. The van der Waals surface area contributed by atoms with Crippen LogP contribution >= 0.6 is 0 Å². The van der Waals surface area contributed by atoms with Crippen molar-refractivity contribution in [1.82, 2.24) is 14.9 Å². The Hall–Kier alpha value is -1.16. The minimum absolute atomic E-state index is 0.784. The van der Waals surface area contributed by atoms with Crippen LogP contribution in [0.25, 0.3) is 0 Å². The van der Waals surface area contributed by atoms with Crippen LogP contribution in [0.4, 0.5) is 5.82 Å². The molecule has 1 aromatic rings. The van der Waals surface area contributed by atoms with Gasteiger partial charge in [0.2, 0.25) is 0 Å². The first kappa shape index (κ1) is 14.3. The topological polar surface area (TPSA) is 41.1 Å². The zero-order chi connectivity index (χ0) is 13.7. The molecule has 2 atom stereocenters. The van der Waals surface area contributed by atoms with Crippen molar-refractivity contribution in [3.63, 3.8) is 0 Å². The maximum Gasteiger partial charge on any atom is 0.144 e. The molecular formula is C15H26N4. The van der Waals surface area contributed by atoms with Crippen LogP contribution in [-0.4, -0.2) is 34.5 Å². The molecule has 2 unspecified atom stereocenters. The van der Waals surface area contributed by atoms with Crippen LogP contribution in [0, 0.1) is 11.8 Å². The van der Waals surface area contributed by atoms with Crippen LogP contribution in [0.1, 0.15) is 39.3 Å². The van der Waals surface area contributed by atoms with E-state index >= 15 is 0 Å². The van der Waals surface area contributed by atoms with Crippen LogP contribution < -0.4 is 5.32 Å². The fourth-order valence-electron chi connectivity index (χ4n) is 2.50. The number of anilines is 1. The molecule has 4 heteroatoms. The summed E-state index contributed by atoms with van der Waals surface area (Å²) in [6.45, 7) is 11.1. The smallest absolute Gasteiger partial charge is 0.144 e. The van der Waals surface area contributed by atoms with Crippen LogP contribution in [-0.2, 0) is 6.54 Å². The molecule has 1 aliphatic rings. The van der Waals surface area contributed by atoms with Gasteiger partial charge in [-0.2, -0.15) is 0 Å². The molecule has 19 heavy (non-hydrogen) atoms. The van der Waals surface area contributed by atoms with Gasteiger partial charge in [0.25, 0.3) is 0 Å². The number of rotatable bonds is 5. The minimum atomic E-state index is 0.784. The molecule has 0 aromatic carbocycles. The molecule has 106 valence electrons. The lowest BCUT2D eigenvalue weighted by Crippen LogP contribution is -2.38. The lowest BCUT2D eigenvalue weighted by atomic mass is 9.89. The van der Waals surface area contributed by atoms with Gasteiger partial charge in [0.1, 0.15) is 5.82 Å². The van der Waals surface area contributed by atoms with E-state index in [0.29, 0.717) is 0 Å². The standard InChI is InChI=1S/C15H26N4/c1-4-6-16-15-9-17-14(8-18-15)11-19-7-5-12(2)13(3)10-19/h8-9,12-13H,4-7,10-11H2,1-3H3,(H,16,18). The molecule has 1 saturated heterocycles. The van der Waals surface area contributed by atoms with Crippen molar-refractivity contribution < 1.29 is 0 Å². The van der Waals surface area contributed by atoms with E-state index in [1.54, 1.807) is 0 Å². The number of nitrogens with zero attached hydrogens (tertiary/aromatic N) is 3. The molecule has 2 rings (SSSR count). The van der Waals surface area contributed by atoms with E-state index in [2.05, 4.69) is 41.0 Å². The van der Waals surface area contributed by atoms with Gasteiger partial charge < -0.3 is 5.32 Å². The Morgan fingerprint density at radius 1 is 1.26 bits per heavy atom. The lowest BCUT2D eigenvalue weighted by molar-refractivity contribution is 0.131. The molecule has 1 fully saturated rings. The van der Waals surface area contributed by atoms with Crippen molar-refractivity contribution in [1.29, 1.82) is 0 Å². The van der Waals surface area contributed by atoms with Crippen molar-refractivity contribution in [3.05, 3.63) is 18.1 Å².